The summed E-state index contributed by atoms with van der Waals surface area (Å²) in [6.45, 7) is 1.80. The van der Waals surface area contributed by atoms with Crippen LogP contribution in [0.4, 0.5) is 10.7 Å². The lowest BCUT2D eigenvalue weighted by molar-refractivity contribution is -0.115. The van der Waals surface area contributed by atoms with Gasteiger partial charge in [-0.15, -0.1) is 23.1 Å². The van der Waals surface area contributed by atoms with Crippen LogP contribution in [0, 0.1) is 0 Å². The van der Waals surface area contributed by atoms with E-state index >= 15 is 0 Å². The molecule has 3 N–H and O–H groups in total. The summed E-state index contributed by atoms with van der Waals surface area (Å²) in [5, 5.41) is 12.4. The van der Waals surface area contributed by atoms with E-state index in [1.54, 1.807) is 55.5 Å². The number of fused-ring (bicyclic) bond motifs is 1. The fourth-order valence-electron chi connectivity index (χ4n) is 5.11. The Labute approximate surface area is 280 Å². The lowest BCUT2D eigenvalue weighted by Crippen LogP contribution is -2.30. The summed E-state index contributed by atoms with van der Waals surface area (Å²) in [6.07, 6.45) is 7.67. The molecule has 1 aliphatic carbocycles. The number of thioether (sulfide) groups is 1. The maximum absolute atomic E-state index is 13.4. The van der Waals surface area contributed by atoms with Gasteiger partial charge < -0.3 is 20.7 Å². The molecule has 0 saturated carbocycles. The second-order valence-corrected chi connectivity index (χ2v) is 14.1. The number of amides is 3. The molecule has 0 saturated heterocycles. The quantitative estimate of drug-likeness (QED) is 0.0900. The Kier molecular flexibility index (Phi) is 11.5. The fourth-order valence-corrected chi connectivity index (χ4v) is 7.93. The zero-order chi connectivity index (χ0) is 32.5. The van der Waals surface area contributed by atoms with Gasteiger partial charge in [-0.1, -0.05) is 37.1 Å². The fraction of sp³-hybridized carbons (Fsp3) is 0.257. The molecule has 2 aromatic carbocycles. The number of benzene rings is 2. The van der Waals surface area contributed by atoms with Crippen molar-refractivity contribution in [3.8, 4) is 0 Å². The highest BCUT2D eigenvalue weighted by molar-refractivity contribution is 8.00. The number of aryl methyl sites for hydroxylation is 1. The van der Waals surface area contributed by atoms with Gasteiger partial charge in [-0.3, -0.25) is 14.4 Å². The summed E-state index contributed by atoms with van der Waals surface area (Å²) in [4.78, 5) is 54.3. The number of anilines is 2. The Balaban J connectivity index is 1.27. The van der Waals surface area contributed by atoms with Crippen molar-refractivity contribution in [2.24, 2.45) is 0 Å². The van der Waals surface area contributed by atoms with Crippen LogP contribution in [-0.4, -0.2) is 36.1 Å². The van der Waals surface area contributed by atoms with E-state index < -0.39 is 23.0 Å². The number of rotatable bonds is 10. The lowest BCUT2D eigenvalue weighted by Gasteiger charge is -2.14. The van der Waals surface area contributed by atoms with Crippen LogP contribution < -0.4 is 16.0 Å². The van der Waals surface area contributed by atoms with E-state index in [-0.39, 0.29) is 11.6 Å². The molecule has 0 fully saturated rings. The number of thiophene rings is 2. The van der Waals surface area contributed by atoms with Gasteiger partial charge in [0.05, 0.1) is 17.9 Å². The van der Waals surface area contributed by atoms with E-state index in [9.17, 15) is 19.2 Å². The van der Waals surface area contributed by atoms with Crippen molar-refractivity contribution >= 4 is 74.9 Å². The molecule has 2 heterocycles. The number of carbonyl (C=O) groups is 4. The summed E-state index contributed by atoms with van der Waals surface area (Å²) >= 11 is 4.30. The SMILES string of the molecule is COC(=O)c1c(NC(=O)C(C)Sc2cccc(NC(=O)/C(=C/c3ccsc3)NC(=O)c3ccccc3)c2)sc2c1CCCCCC2. The van der Waals surface area contributed by atoms with Gasteiger partial charge in [0.2, 0.25) is 5.91 Å². The van der Waals surface area contributed by atoms with Crippen molar-refractivity contribution in [2.75, 3.05) is 17.7 Å². The van der Waals surface area contributed by atoms with Gasteiger partial charge in [0.15, 0.2) is 0 Å². The van der Waals surface area contributed by atoms with E-state index in [1.165, 1.54) is 41.5 Å². The average Bonchev–Trinajstić information content (AvgIpc) is 3.68. The molecule has 3 amide bonds. The number of esters is 1. The number of methoxy groups -OCH3 is 1. The summed E-state index contributed by atoms with van der Waals surface area (Å²) in [5.41, 5.74) is 3.32. The first-order valence-corrected chi connectivity index (χ1v) is 17.7. The molecule has 0 aliphatic heterocycles. The predicted octanol–water partition coefficient (Wildman–Crippen LogP) is 7.78. The molecule has 8 nitrogen and oxygen atoms in total. The van der Waals surface area contributed by atoms with Gasteiger partial charge in [0.1, 0.15) is 10.7 Å². The summed E-state index contributed by atoms with van der Waals surface area (Å²) in [5.74, 6) is -1.53. The van der Waals surface area contributed by atoms with Gasteiger partial charge in [0.25, 0.3) is 11.8 Å². The molecule has 238 valence electrons. The first kappa shape index (κ1) is 33.2. The molecule has 1 atom stereocenters. The first-order valence-electron chi connectivity index (χ1n) is 15.0. The largest absolute Gasteiger partial charge is 0.465 e. The minimum Gasteiger partial charge on any atom is -0.465 e. The van der Waals surface area contributed by atoms with E-state index in [2.05, 4.69) is 16.0 Å². The Morgan fingerprint density at radius 2 is 1.72 bits per heavy atom. The second kappa shape index (κ2) is 15.9. The van der Waals surface area contributed by atoms with E-state index in [1.807, 2.05) is 29.0 Å². The predicted molar refractivity (Wildman–Crippen MR) is 187 cm³/mol. The molecule has 11 heteroatoms. The molecule has 1 aliphatic rings. The Hall–Kier alpha value is -4.19. The number of hydrogen-bond acceptors (Lipinski definition) is 8. The van der Waals surface area contributed by atoms with Crippen LogP contribution in [0.15, 0.2) is 82.0 Å². The number of nitrogens with one attached hydrogen (secondary N) is 3. The standard InChI is InChI=1S/C35H35N3O5S3/c1-22(31(39)38-34-30(35(42)43-2)27-15-8-3-4-9-16-29(27)46-34)45-26-14-10-13-25(20-26)36-33(41)28(19-23-17-18-44-21-23)37-32(40)24-11-6-5-7-12-24/h5-7,10-14,17-22H,3-4,8-9,15-16H2,1-2H3,(H,36,41)(H,37,40)(H,38,39)/b28-19-. The van der Waals surface area contributed by atoms with Crippen LogP contribution in [0.25, 0.3) is 6.08 Å². The Morgan fingerprint density at radius 3 is 2.46 bits per heavy atom. The highest BCUT2D eigenvalue weighted by Gasteiger charge is 2.27. The minimum atomic E-state index is -0.500. The third-order valence-corrected chi connectivity index (χ3v) is 10.5. The van der Waals surface area contributed by atoms with Crippen molar-refractivity contribution in [3.05, 3.63) is 104 Å². The van der Waals surface area contributed by atoms with Crippen LogP contribution in [0.5, 0.6) is 0 Å². The topological polar surface area (TPSA) is 114 Å². The molecular formula is C35H35N3O5S3. The van der Waals surface area contributed by atoms with Crippen molar-refractivity contribution in [2.45, 2.75) is 55.6 Å². The average molecular weight is 674 g/mol. The van der Waals surface area contributed by atoms with E-state index in [0.29, 0.717) is 21.8 Å². The minimum absolute atomic E-state index is 0.101. The van der Waals surface area contributed by atoms with Gasteiger partial charge in [-0.2, -0.15) is 11.3 Å². The van der Waals surface area contributed by atoms with Crippen LogP contribution >= 0.6 is 34.4 Å². The van der Waals surface area contributed by atoms with Gasteiger partial charge in [-0.25, -0.2) is 4.79 Å². The van der Waals surface area contributed by atoms with Crippen LogP contribution in [0.3, 0.4) is 0 Å². The lowest BCUT2D eigenvalue weighted by atomic mass is 9.96. The van der Waals surface area contributed by atoms with Gasteiger partial charge >= 0.3 is 5.97 Å². The van der Waals surface area contributed by atoms with Crippen molar-refractivity contribution in [3.63, 3.8) is 0 Å². The number of hydrogen-bond donors (Lipinski definition) is 3. The zero-order valence-corrected chi connectivity index (χ0v) is 28.0. The molecule has 46 heavy (non-hydrogen) atoms. The smallest absolute Gasteiger partial charge is 0.341 e. The van der Waals surface area contributed by atoms with Gasteiger partial charge in [0, 0.05) is 21.0 Å². The van der Waals surface area contributed by atoms with Gasteiger partial charge in [-0.05, 0) is 97.0 Å². The third-order valence-electron chi connectivity index (χ3n) is 7.45. The van der Waals surface area contributed by atoms with Crippen LogP contribution in [0.1, 0.15) is 69.3 Å². The zero-order valence-electron chi connectivity index (χ0n) is 25.6. The summed E-state index contributed by atoms with van der Waals surface area (Å²) < 4.78 is 5.10. The molecule has 0 spiro atoms. The second-order valence-electron chi connectivity index (χ2n) is 10.8. The molecule has 0 bridgehead atoms. The highest BCUT2D eigenvalue weighted by Crippen LogP contribution is 2.38. The van der Waals surface area contributed by atoms with Crippen molar-refractivity contribution < 1.29 is 23.9 Å². The Bertz CT molecular complexity index is 1730. The number of ether oxygens (including phenoxy) is 1. The van der Waals surface area contributed by atoms with Crippen LogP contribution in [-0.2, 0) is 27.2 Å². The summed E-state index contributed by atoms with van der Waals surface area (Å²) in [7, 11) is 1.36. The molecule has 4 aromatic rings. The summed E-state index contributed by atoms with van der Waals surface area (Å²) in [6, 6.07) is 17.7. The highest BCUT2D eigenvalue weighted by atomic mass is 32.2. The van der Waals surface area contributed by atoms with Crippen molar-refractivity contribution in [1.82, 2.24) is 5.32 Å². The number of carbonyl (C=O) groups excluding carboxylic acids is 4. The normalized spacial score (nSPS) is 13.8. The Morgan fingerprint density at radius 1 is 0.935 bits per heavy atom. The monoisotopic (exact) mass is 673 g/mol. The molecule has 1 unspecified atom stereocenters. The first-order chi connectivity index (χ1) is 22.3. The third kappa shape index (κ3) is 8.54. The van der Waals surface area contributed by atoms with Crippen molar-refractivity contribution in [1.29, 1.82) is 0 Å². The maximum Gasteiger partial charge on any atom is 0.341 e. The molecular weight excluding hydrogens is 639 g/mol. The maximum atomic E-state index is 13.4. The van der Waals surface area contributed by atoms with Crippen LogP contribution in [0.2, 0.25) is 0 Å². The van der Waals surface area contributed by atoms with E-state index in [4.69, 9.17) is 4.74 Å². The molecule has 5 rings (SSSR count). The van der Waals surface area contributed by atoms with E-state index in [0.717, 1.165) is 59.4 Å². The molecule has 2 aromatic heterocycles. The molecule has 0 radical (unpaired) electrons.